The van der Waals surface area contributed by atoms with Gasteiger partial charge in [-0.25, -0.2) is 4.98 Å². The molecule has 9 nitrogen and oxygen atoms in total. The van der Waals surface area contributed by atoms with Crippen LogP contribution in [0, 0.1) is 0 Å². The van der Waals surface area contributed by atoms with Gasteiger partial charge >= 0.3 is 0 Å². The lowest BCUT2D eigenvalue weighted by Gasteiger charge is -2.31. The predicted octanol–water partition coefficient (Wildman–Crippen LogP) is 3.01. The fourth-order valence-corrected chi connectivity index (χ4v) is 3.76. The molecule has 1 unspecified atom stereocenters. The molecular formula is C24H36N6O3. The first kappa shape index (κ1) is 24.9. The molecule has 1 aliphatic heterocycles. The van der Waals surface area contributed by atoms with E-state index >= 15 is 0 Å². The third-order valence-corrected chi connectivity index (χ3v) is 6.39. The van der Waals surface area contributed by atoms with E-state index in [0.29, 0.717) is 18.3 Å². The number of rotatable bonds is 8. The van der Waals surface area contributed by atoms with Crippen LogP contribution in [0.4, 0.5) is 17.5 Å². The van der Waals surface area contributed by atoms with Crippen LogP contribution in [0.2, 0.25) is 0 Å². The molecular weight excluding hydrogens is 420 g/mol. The molecule has 3 rings (SSSR count). The summed E-state index contributed by atoms with van der Waals surface area (Å²) < 4.78 is 11.4. The first-order valence-electron chi connectivity index (χ1n) is 11.2. The van der Waals surface area contributed by atoms with Gasteiger partial charge in [0, 0.05) is 45.2 Å². The summed E-state index contributed by atoms with van der Waals surface area (Å²) in [5.41, 5.74) is 13.5. The van der Waals surface area contributed by atoms with Crippen LogP contribution in [-0.4, -0.2) is 49.2 Å². The molecule has 0 radical (unpaired) electrons. The van der Waals surface area contributed by atoms with Gasteiger partial charge in [0.25, 0.3) is 5.91 Å². The lowest BCUT2D eigenvalue weighted by Crippen LogP contribution is -2.43. The molecule has 1 aromatic heterocycles. The third-order valence-electron chi connectivity index (χ3n) is 6.39. The molecule has 1 amide bonds. The summed E-state index contributed by atoms with van der Waals surface area (Å²) in [5.74, 6) is 0.258. The van der Waals surface area contributed by atoms with Gasteiger partial charge in [-0.1, -0.05) is 0 Å². The fourth-order valence-electron chi connectivity index (χ4n) is 3.76. The summed E-state index contributed by atoms with van der Waals surface area (Å²) in [6, 6.07) is 6.08. The highest BCUT2D eigenvalue weighted by molar-refractivity contribution is 5.98. The zero-order valence-corrected chi connectivity index (χ0v) is 20.4. The fraction of sp³-hybridized carbons (Fsp3) is 0.542. The van der Waals surface area contributed by atoms with E-state index in [1.54, 1.807) is 14.2 Å². The Bertz CT molecular complexity index is 973. The normalized spacial score (nSPS) is 17.2. The number of nitrogens with zero attached hydrogens (tertiary/aromatic N) is 3. The second-order valence-corrected chi connectivity index (χ2v) is 9.50. The Kier molecular flexibility index (Phi) is 7.26. The number of benzene rings is 1. The highest BCUT2D eigenvalue weighted by atomic mass is 16.5. The van der Waals surface area contributed by atoms with E-state index in [0.717, 1.165) is 36.2 Å². The van der Waals surface area contributed by atoms with Crippen LogP contribution in [0.15, 0.2) is 24.4 Å². The highest BCUT2D eigenvalue weighted by Gasteiger charge is 2.27. The molecule has 1 saturated heterocycles. The van der Waals surface area contributed by atoms with E-state index in [1.165, 1.54) is 6.20 Å². The summed E-state index contributed by atoms with van der Waals surface area (Å²) >= 11 is 0. The van der Waals surface area contributed by atoms with Gasteiger partial charge in [0.1, 0.15) is 11.4 Å². The molecule has 1 aromatic carbocycles. The standard InChI is InChI=1S/C24H36N6O3/c1-23(2,32-5)15-10-16(24(3,4)33-6)12-18(11-15)28-21-19(20(26)31)13-27-22(29-21)30-9-7-8-17(25)14-30/h10-13,17H,7-9,14,25H2,1-6H3,(H2,26,31)(H,27,28,29). The van der Waals surface area contributed by atoms with E-state index in [1.807, 2.05) is 44.7 Å². The van der Waals surface area contributed by atoms with Crippen LogP contribution < -0.4 is 21.7 Å². The van der Waals surface area contributed by atoms with Gasteiger partial charge in [0.05, 0.1) is 11.2 Å². The summed E-state index contributed by atoms with van der Waals surface area (Å²) in [6.45, 7) is 9.45. The van der Waals surface area contributed by atoms with Crippen LogP contribution in [0.3, 0.4) is 0 Å². The highest BCUT2D eigenvalue weighted by Crippen LogP contribution is 2.34. The summed E-state index contributed by atoms with van der Waals surface area (Å²) in [6.07, 6.45) is 3.41. The average Bonchev–Trinajstić information content (AvgIpc) is 2.78. The smallest absolute Gasteiger partial charge is 0.254 e. The number of anilines is 3. The molecule has 9 heteroatoms. The van der Waals surface area contributed by atoms with Gasteiger partial charge in [-0.05, 0) is 69.9 Å². The number of carbonyl (C=O) groups excluding carboxylic acids is 1. The largest absolute Gasteiger partial charge is 0.374 e. The molecule has 1 aliphatic rings. The monoisotopic (exact) mass is 456 g/mol. The van der Waals surface area contributed by atoms with Crippen molar-refractivity contribution in [3.63, 3.8) is 0 Å². The van der Waals surface area contributed by atoms with Gasteiger partial charge in [0.15, 0.2) is 0 Å². The summed E-state index contributed by atoms with van der Waals surface area (Å²) in [5, 5.41) is 3.30. The number of carbonyl (C=O) groups is 1. The maximum Gasteiger partial charge on any atom is 0.254 e. The number of nitrogens with one attached hydrogen (secondary N) is 1. The number of hydrogen-bond donors (Lipinski definition) is 3. The van der Waals surface area contributed by atoms with Gasteiger partial charge in [-0.3, -0.25) is 4.79 Å². The average molecular weight is 457 g/mol. The third kappa shape index (κ3) is 5.61. The maximum atomic E-state index is 12.1. The molecule has 1 fully saturated rings. The maximum absolute atomic E-state index is 12.1. The number of piperidine rings is 1. The van der Waals surface area contributed by atoms with Crippen molar-refractivity contribution in [2.24, 2.45) is 11.5 Å². The molecule has 33 heavy (non-hydrogen) atoms. The molecule has 180 valence electrons. The first-order valence-corrected chi connectivity index (χ1v) is 11.2. The number of amides is 1. The molecule has 5 N–H and O–H groups in total. The Balaban J connectivity index is 2.06. The number of hydrogen-bond acceptors (Lipinski definition) is 8. The molecule has 2 aromatic rings. The minimum absolute atomic E-state index is 0.0707. The van der Waals surface area contributed by atoms with E-state index in [9.17, 15) is 4.79 Å². The zero-order valence-electron chi connectivity index (χ0n) is 20.4. The second-order valence-electron chi connectivity index (χ2n) is 9.50. The first-order chi connectivity index (χ1) is 15.5. The number of methoxy groups -OCH3 is 2. The lowest BCUT2D eigenvalue weighted by atomic mass is 9.90. The van der Waals surface area contributed by atoms with Gasteiger partial charge in [-0.15, -0.1) is 0 Å². The van der Waals surface area contributed by atoms with Crippen LogP contribution in [0.1, 0.15) is 62.0 Å². The summed E-state index contributed by atoms with van der Waals surface area (Å²) in [7, 11) is 3.35. The van der Waals surface area contributed by atoms with Crippen molar-refractivity contribution in [2.45, 2.75) is 57.8 Å². The second kappa shape index (κ2) is 9.62. The van der Waals surface area contributed by atoms with E-state index in [-0.39, 0.29) is 11.6 Å². The molecule has 2 heterocycles. The zero-order chi connectivity index (χ0) is 24.4. The van der Waals surface area contributed by atoms with Crippen LogP contribution in [-0.2, 0) is 20.7 Å². The van der Waals surface area contributed by atoms with E-state index in [2.05, 4.69) is 21.4 Å². The Morgan fingerprint density at radius 2 is 1.73 bits per heavy atom. The number of aromatic nitrogens is 2. The molecule has 0 saturated carbocycles. The van der Waals surface area contributed by atoms with Crippen LogP contribution in [0.25, 0.3) is 0 Å². The number of primary amides is 1. The quantitative estimate of drug-likeness (QED) is 0.553. The summed E-state index contributed by atoms with van der Waals surface area (Å²) in [4.78, 5) is 23.2. The van der Waals surface area contributed by atoms with E-state index < -0.39 is 17.1 Å². The minimum atomic E-state index is -0.606. The van der Waals surface area contributed by atoms with Gasteiger partial charge in [0.2, 0.25) is 5.95 Å². The van der Waals surface area contributed by atoms with Crippen LogP contribution in [0.5, 0.6) is 0 Å². The Labute approximate surface area is 195 Å². The van der Waals surface area contributed by atoms with Crippen molar-refractivity contribution in [3.8, 4) is 0 Å². The van der Waals surface area contributed by atoms with Crippen molar-refractivity contribution in [3.05, 3.63) is 41.1 Å². The Hall–Kier alpha value is -2.75. The van der Waals surface area contributed by atoms with Gasteiger partial charge < -0.3 is 31.2 Å². The minimum Gasteiger partial charge on any atom is -0.374 e. The van der Waals surface area contributed by atoms with Crippen LogP contribution >= 0.6 is 0 Å². The molecule has 0 spiro atoms. The molecule has 0 aliphatic carbocycles. The predicted molar refractivity (Wildman–Crippen MR) is 130 cm³/mol. The van der Waals surface area contributed by atoms with Crippen molar-refractivity contribution < 1.29 is 14.3 Å². The topological polar surface area (TPSA) is 129 Å². The Morgan fingerprint density at radius 3 is 2.24 bits per heavy atom. The van der Waals surface area contributed by atoms with Crippen molar-refractivity contribution in [1.29, 1.82) is 0 Å². The van der Waals surface area contributed by atoms with Gasteiger partial charge in [-0.2, -0.15) is 4.98 Å². The van der Waals surface area contributed by atoms with E-state index in [4.69, 9.17) is 20.9 Å². The molecule has 0 bridgehead atoms. The number of nitrogens with two attached hydrogens (primary N) is 2. The van der Waals surface area contributed by atoms with Crippen molar-refractivity contribution in [2.75, 3.05) is 37.5 Å². The van der Waals surface area contributed by atoms with Crippen molar-refractivity contribution in [1.82, 2.24) is 9.97 Å². The SMILES string of the molecule is COC(C)(C)c1cc(Nc2nc(N3CCCC(N)C3)ncc2C(N)=O)cc(C(C)(C)OC)c1. The molecule has 1 atom stereocenters. The van der Waals surface area contributed by atoms with Crippen molar-refractivity contribution >= 4 is 23.4 Å². The lowest BCUT2D eigenvalue weighted by molar-refractivity contribution is 0.0135. The Morgan fingerprint density at radius 1 is 1.12 bits per heavy atom. The number of ether oxygens (including phenoxy) is 2.